The Morgan fingerprint density at radius 2 is 2.33 bits per heavy atom. The van der Waals surface area contributed by atoms with E-state index in [9.17, 15) is 9.59 Å². The van der Waals surface area contributed by atoms with Crippen LogP contribution in [0.2, 0.25) is 0 Å². The number of nitrogens with zero attached hydrogens (tertiary/aromatic N) is 3. The molecule has 0 bridgehead atoms. The van der Waals surface area contributed by atoms with Crippen LogP contribution in [0.15, 0.2) is 16.1 Å². The van der Waals surface area contributed by atoms with Crippen molar-refractivity contribution in [3.8, 4) is 0 Å². The summed E-state index contributed by atoms with van der Waals surface area (Å²) in [7, 11) is 0. The fourth-order valence-corrected chi connectivity index (χ4v) is 2.44. The number of amides is 1. The first kappa shape index (κ1) is 15.5. The predicted molar refractivity (Wildman–Crippen MR) is 79.2 cm³/mol. The molecule has 0 spiro atoms. The molecule has 114 valence electrons. The van der Waals surface area contributed by atoms with Crippen molar-refractivity contribution in [2.75, 3.05) is 12.4 Å². The van der Waals surface area contributed by atoms with E-state index in [4.69, 9.17) is 5.11 Å². The van der Waals surface area contributed by atoms with Crippen LogP contribution in [0.5, 0.6) is 0 Å². The SMILES string of the molecule is CC(C)NC(=O)CSc1nc2c(cnn2CCO)c(=O)[nH]1. The third kappa shape index (κ3) is 3.82. The molecule has 0 aliphatic carbocycles. The highest BCUT2D eigenvalue weighted by atomic mass is 32.2. The summed E-state index contributed by atoms with van der Waals surface area (Å²) in [6.45, 7) is 3.92. The van der Waals surface area contributed by atoms with E-state index >= 15 is 0 Å². The lowest BCUT2D eigenvalue weighted by molar-refractivity contribution is -0.119. The zero-order chi connectivity index (χ0) is 15.4. The van der Waals surface area contributed by atoms with Gasteiger partial charge in [0, 0.05) is 6.04 Å². The monoisotopic (exact) mass is 311 g/mol. The van der Waals surface area contributed by atoms with Crippen LogP contribution in [0.3, 0.4) is 0 Å². The number of aromatic nitrogens is 4. The van der Waals surface area contributed by atoms with Crippen LogP contribution in [0.1, 0.15) is 13.8 Å². The normalized spacial score (nSPS) is 11.2. The number of carbonyl (C=O) groups is 1. The molecule has 0 saturated heterocycles. The number of fused-ring (bicyclic) bond motifs is 1. The number of nitrogens with one attached hydrogen (secondary N) is 2. The van der Waals surface area contributed by atoms with E-state index in [0.717, 1.165) is 11.8 Å². The fourth-order valence-electron chi connectivity index (χ4n) is 1.77. The summed E-state index contributed by atoms with van der Waals surface area (Å²) in [5, 5.41) is 16.4. The summed E-state index contributed by atoms with van der Waals surface area (Å²) < 4.78 is 1.46. The van der Waals surface area contributed by atoms with E-state index in [1.54, 1.807) is 0 Å². The Morgan fingerprint density at radius 3 is 3.00 bits per heavy atom. The molecule has 2 heterocycles. The molecule has 8 nitrogen and oxygen atoms in total. The Bertz CT molecular complexity index is 694. The minimum absolute atomic E-state index is 0.0681. The Balaban J connectivity index is 2.19. The molecule has 3 N–H and O–H groups in total. The van der Waals surface area contributed by atoms with Crippen molar-refractivity contribution >= 4 is 28.7 Å². The second-order valence-corrected chi connectivity index (χ2v) is 5.67. The average molecular weight is 311 g/mol. The van der Waals surface area contributed by atoms with E-state index in [1.165, 1.54) is 10.9 Å². The van der Waals surface area contributed by atoms with Gasteiger partial charge in [0.1, 0.15) is 5.39 Å². The second-order valence-electron chi connectivity index (χ2n) is 4.71. The number of aromatic amines is 1. The number of carbonyl (C=O) groups excluding carboxylic acids is 1. The van der Waals surface area contributed by atoms with Gasteiger partial charge in [-0.15, -0.1) is 0 Å². The van der Waals surface area contributed by atoms with Gasteiger partial charge >= 0.3 is 0 Å². The molecule has 0 unspecified atom stereocenters. The van der Waals surface area contributed by atoms with Crippen LogP contribution in [0.4, 0.5) is 0 Å². The number of rotatable bonds is 6. The molecule has 0 aliphatic rings. The molecule has 0 aromatic carbocycles. The number of aliphatic hydroxyl groups excluding tert-OH is 1. The van der Waals surface area contributed by atoms with Crippen molar-refractivity contribution < 1.29 is 9.90 Å². The lowest BCUT2D eigenvalue weighted by Crippen LogP contribution is -2.31. The van der Waals surface area contributed by atoms with Crippen LogP contribution in [-0.2, 0) is 11.3 Å². The van der Waals surface area contributed by atoms with E-state index in [1.807, 2.05) is 13.8 Å². The molecule has 0 fully saturated rings. The molecule has 9 heteroatoms. The molecular formula is C12H17N5O3S. The van der Waals surface area contributed by atoms with Gasteiger partial charge in [-0.05, 0) is 13.8 Å². The van der Waals surface area contributed by atoms with Gasteiger partial charge in [0.05, 0.1) is 25.1 Å². The lowest BCUT2D eigenvalue weighted by atomic mass is 10.4. The quantitative estimate of drug-likeness (QED) is 0.500. The predicted octanol–water partition coefficient (Wildman–Crippen LogP) is -0.271. The summed E-state index contributed by atoms with van der Waals surface area (Å²) in [6.07, 6.45) is 1.41. The molecule has 21 heavy (non-hydrogen) atoms. The second kappa shape index (κ2) is 6.72. The summed E-state index contributed by atoms with van der Waals surface area (Å²) in [5.41, 5.74) is 0.0931. The van der Waals surface area contributed by atoms with Gasteiger partial charge in [-0.1, -0.05) is 11.8 Å². The minimum atomic E-state index is -0.309. The molecular weight excluding hydrogens is 294 g/mol. The van der Waals surface area contributed by atoms with Crippen LogP contribution < -0.4 is 10.9 Å². The summed E-state index contributed by atoms with van der Waals surface area (Å²) in [4.78, 5) is 30.4. The Hall–Kier alpha value is -1.87. The van der Waals surface area contributed by atoms with Crippen LogP contribution >= 0.6 is 11.8 Å². The molecule has 0 saturated carbocycles. The number of H-pyrrole nitrogens is 1. The summed E-state index contributed by atoms with van der Waals surface area (Å²) in [5.74, 6) is 0.0439. The first-order chi connectivity index (χ1) is 10.0. The highest BCUT2D eigenvalue weighted by molar-refractivity contribution is 7.99. The summed E-state index contributed by atoms with van der Waals surface area (Å²) in [6, 6.07) is 0.0681. The van der Waals surface area contributed by atoms with Gasteiger partial charge < -0.3 is 15.4 Å². The van der Waals surface area contributed by atoms with Crippen molar-refractivity contribution in [3.05, 3.63) is 16.6 Å². The maximum atomic E-state index is 11.9. The van der Waals surface area contributed by atoms with Gasteiger partial charge in [-0.3, -0.25) is 9.59 Å². The molecule has 2 rings (SSSR count). The number of aliphatic hydroxyl groups is 1. The topological polar surface area (TPSA) is 113 Å². The van der Waals surface area contributed by atoms with Crippen molar-refractivity contribution in [2.45, 2.75) is 31.6 Å². The van der Waals surface area contributed by atoms with E-state index in [0.29, 0.717) is 16.2 Å². The summed E-state index contributed by atoms with van der Waals surface area (Å²) >= 11 is 1.15. The van der Waals surface area contributed by atoms with Crippen molar-refractivity contribution in [3.63, 3.8) is 0 Å². The molecule has 2 aromatic heterocycles. The maximum absolute atomic E-state index is 11.9. The van der Waals surface area contributed by atoms with Gasteiger partial charge in [0.25, 0.3) is 5.56 Å². The molecule has 2 aromatic rings. The van der Waals surface area contributed by atoms with Gasteiger partial charge in [-0.2, -0.15) is 5.10 Å². The molecule has 0 radical (unpaired) electrons. The van der Waals surface area contributed by atoms with E-state index in [2.05, 4.69) is 20.4 Å². The fraction of sp³-hybridized carbons (Fsp3) is 0.500. The number of thioether (sulfide) groups is 1. The van der Waals surface area contributed by atoms with Crippen molar-refractivity contribution in [1.82, 2.24) is 25.1 Å². The van der Waals surface area contributed by atoms with Crippen molar-refractivity contribution in [1.29, 1.82) is 0 Å². The Kier molecular flexibility index (Phi) is 4.97. The Morgan fingerprint density at radius 1 is 1.57 bits per heavy atom. The zero-order valence-electron chi connectivity index (χ0n) is 11.8. The Labute approximate surface area is 125 Å². The minimum Gasteiger partial charge on any atom is -0.394 e. The largest absolute Gasteiger partial charge is 0.394 e. The third-order valence-corrected chi connectivity index (χ3v) is 3.46. The van der Waals surface area contributed by atoms with E-state index < -0.39 is 0 Å². The van der Waals surface area contributed by atoms with E-state index in [-0.39, 0.29) is 36.4 Å². The van der Waals surface area contributed by atoms with Crippen LogP contribution in [0.25, 0.3) is 11.0 Å². The number of hydrogen-bond donors (Lipinski definition) is 3. The average Bonchev–Trinajstić information content (AvgIpc) is 2.80. The lowest BCUT2D eigenvalue weighted by Gasteiger charge is -2.07. The van der Waals surface area contributed by atoms with Crippen LogP contribution in [0, 0.1) is 0 Å². The molecule has 0 aliphatic heterocycles. The standard InChI is InChI=1S/C12H17N5O3S/c1-7(2)14-9(19)6-21-12-15-10-8(11(20)16-12)5-13-17(10)3-4-18/h5,7,18H,3-4,6H2,1-2H3,(H,14,19)(H,15,16,20). The molecule has 1 amide bonds. The van der Waals surface area contributed by atoms with Crippen molar-refractivity contribution in [2.24, 2.45) is 0 Å². The third-order valence-electron chi connectivity index (χ3n) is 2.59. The van der Waals surface area contributed by atoms with Gasteiger partial charge in [0.2, 0.25) is 5.91 Å². The van der Waals surface area contributed by atoms with Gasteiger partial charge in [-0.25, -0.2) is 9.67 Å². The maximum Gasteiger partial charge on any atom is 0.262 e. The first-order valence-electron chi connectivity index (χ1n) is 6.50. The highest BCUT2D eigenvalue weighted by Gasteiger charge is 2.11. The zero-order valence-corrected chi connectivity index (χ0v) is 12.6. The first-order valence-corrected chi connectivity index (χ1v) is 7.48. The highest BCUT2D eigenvalue weighted by Crippen LogP contribution is 2.14. The van der Waals surface area contributed by atoms with Crippen LogP contribution in [-0.4, -0.2) is 49.2 Å². The van der Waals surface area contributed by atoms with Gasteiger partial charge in [0.15, 0.2) is 10.8 Å². The smallest absolute Gasteiger partial charge is 0.262 e. The number of hydrogen-bond acceptors (Lipinski definition) is 6. The molecule has 0 atom stereocenters.